The van der Waals surface area contributed by atoms with E-state index in [0.29, 0.717) is 6.54 Å². The smallest absolute Gasteiger partial charge is 0.222 e. The van der Waals surface area contributed by atoms with Gasteiger partial charge in [-0.1, -0.05) is 50.6 Å². The van der Waals surface area contributed by atoms with Gasteiger partial charge in [-0.15, -0.1) is 0 Å². The second-order valence-electron chi connectivity index (χ2n) is 7.04. The number of likely N-dealkylation sites (tertiary alicyclic amines) is 1. The Hall–Kier alpha value is -1.35. The van der Waals surface area contributed by atoms with Gasteiger partial charge in [0.1, 0.15) is 0 Å². The summed E-state index contributed by atoms with van der Waals surface area (Å²) in [6.45, 7) is 11.3. The van der Waals surface area contributed by atoms with Crippen LogP contribution in [0.1, 0.15) is 50.8 Å². The van der Waals surface area contributed by atoms with Gasteiger partial charge in [0.2, 0.25) is 5.91 Å². The first-order valence-corrected chi connectivity index (χ1v) is 8.55. The van der Waals surface area contributed by atoms with Gasteiger partial charge in [-0.05, 0) is 44.3 Å². The van der Waals surface area contributed by atoms with Gasteiger partial charge in [-0.3, -0.25) is 9.69 Å². The minimum Gasteiger partial charge on any atom is -0.354 e. The lowest BCUT2D eigenvalue weighted by Gasteiger charge is -2.37. The van der Waals surface area contributed by atoms with Crippen molar-refractivity contribution < 1.29 is 4.79 Å². The molecular formula is C19H30N2O. The van der Waals surface area contributed by atoms with E-state index >= 15 is 0 Å². The Labute approximate surface area is 135 Å². The summed E-state index contributed by atoms with van der Waals surface area (Å²) in [6.07, 6.45) is 2.50. The highest BCUT2D eigenvalue weighted by atomic mass is 16.1. The van der Waals surface area contributed by atoms with Crippen LogP contribution in [0.2, 0.25) is 0 Å². The third kappa shape index (κ3) is 4.57. The molecule has 0 saturated carbocycles. The molecule has 1 fully saturated rings. The number of piperidine rings is 1. The van der Waals surface area contributed by atoms with Crippen molar-refractivity contribution in [1.82, 2.24) is 10.2 Å². The maximum Gasteiger partial charge on any atom is 0.222 e. The SMILES string of the molecule is Cc1ccc(C(CNC(=O)C(C)C)N2CCC(C)CC2)cc1. The number of hydrogen-bond donors (Lipinski definition) is 1. The van der Waals surface area contributed by atoms with E-state index in [1.165, 1.54) is 24.0 Å². The van der Waals surface area contributed by atoms with Gasteiger partial charge in [0, 0.05) is 12.5 Å². The van der Waals surface area contributed by atoms with Crippen LogP contribution in [0.25, 0.3) is 0 Å². The minimum atomic E-state index is 0.0417. The molecule has 22 heavy (non-hydrogen) atoms. The summed E-state index contributed by atoms with van der Waals surface area (Å²) in [5.41, 5.74) is 2.59. The quantitative estimate of drug-likeness (QED) is 0.902. The minimum absolute atomic E-state index is 0.0417. The maximum absolute atomic E-state index is 11.9. The third-order valence-electron chi connectivity index (χ3n) is 4.72. The van der Waals surface area contributed by atoms with E-state index < -0.39 is 0 Å². The molecule has 0 aromatic heterocycles. The first kappa shape index (κ1) is 17.0. The monoisotopic (exact) mass is 302 g/mol. The van der Waals surface area contributed by atoms with Crippen LogP contribution in [0.4, 0.5) is 0 Å². The molecule has 1 heterocycles. The van der Waals surface area contributed by atoms with Gasteiger partial charge in [-0.25, -0.2) is 0 Å². The predicted molar refractivity (Wildman–Crippen MR) is 91.7 cm³/mol. The van der Waals surface area contributed by atoms with Gasteiger partial charge < -0.3 is 5.32 Å². The van der Waals surface area contributed by atoms with Crippen LogP contribution < -0.4 is 5.32 Å². The van der Waals surface area contributed by atoms with E-state index in [2.05, 4.69) is 48.3 Å². The zero-order chi connectivity index (χ0) is 16.1. The van der Waals surface area contributed by atoms with Crippen molar-refractivity contribution in [3.05, 3.63) is 35.4 Å². The van der Waals surface area contributed by atoms with E-state index in [4.69, 9.17) is 0 Å². The lowest BCUT2D eigenvalue weighted by atomic mass is 9.95. The topological polar surface area (TPSA) is 32.3 Å². The molecule has 0 radical (unpaired) electrons. The van der Waals surface area contributed by atoms with Gasteiger partial charge in [0.25, 0.3) is 0 Å². The normalized spacial score (nSPS) is 18.4. The highest BCUT2D eigenvalue weighted by molar-refractivity contribution is 5.77. The number of amides is 1. The van der Waals surface area contributed by atoms with Crippen molar-refractivity contribution in [2.45, 2.75) is 46.6 Å². The Balaban J connectivity index is 2.09. The number of hydrogen-bond acceptors (Lipinski definition) is 2. The zero-order valence-electron chi connectivity index (χ0n) is 14.4. The van der Waals surface area contributed by atoms with Crippen LogP contribution in [-0.4, -0.2) is 30.4 Å². The van der Waals surface area contributed by atoms with Crippen LogP contribution in [0, 0.1) is 18.8 Å². The van der Waals surface area contributed by atoms with Crippen molar-refractivity contribution in [3.8, 4) is 0 Å². The van der Waals surface area contributed by atoms with Gasteiger partial charge in [0.15, 0.2) is 0 Å². The number of benzene rings is 1. The molecule has 1 unspecified atom stereocenters. The summed E-state index contributed by atoms with van der Waals surface area (Å²) in [4.78, 5) is 14.5. The maximum atomic E-state index is 11.9. The fourth-order valence-corrected chi connectivity index (χ4v) is 2.99. The zero-order valence-corrected chi connectivity index (χ0v) is 14.4. The Morgan fingerprint density at radius 1 is 1.23 bits per heavy atom. The van der Waals surface area contributed by atoms with Crippen LogP contribution in [0.3, 0.4) is 0 Å². The Bertz CT molecular complexity index is 473. The fraction of sp³-hybridized carbons (Fsp3) is 0.632. The van der Waals surface area contributed by atoms with E-state index in [1.807, 2.05) is 13.8 Å². The molecule has 2 rings (SSSR count). The number of carbonyl (C=O) groups is 1. The van der Waals surface area contributed by atoms with Crippen molar-refractivity contribution in [3.63, 3.8) is 0 Å². The average Bonchev–Trinajstić information content (AvgIpc) is 2.50. The molecule has 1 amide bonds. The highest BCUT2D eigenvalue weighted by Crippen LogP contribution is 2.26. The second-order valence-corrected chi connectivity index (χ2v) is 7.04. The molecule has 3 nitrogen and oxygen atoms in total. The van der Waals surface area contributed by atoms with Gasteiger partial charge in [-0.2, -0.15) is 0 Å². The fourth-order valence-electron chi connectivity index (χ4n) is 2.99. The van der Waals surface area contributed by atoms with E-state index in [1.54, 1.807) is 0 Å². The molecule has 122 valence electrons. The summed E-state index contributed by atoms with van der Waals surface area (Å²) in [5, 5.41) is 3.12. The molecule has 1 aliphatic rings. The summed E-state index contributed by atoms with van der Waals surface area (Å²) in [7, 11) is 0. The lowest BCUT2D eigenvalue weighted by Crippen LogP contribution is -2.42. The van der Waals surface area contributed by atoms with Crippen molar-refractivity contribution in [2.24, 2.45) is 11.8 Å². The number of nitrogens with zero attached hydrogens (tertiary/aromatic N) is 1. The molecule has 0 spiro atoms. The Morgan fingerprint density at radius 2 is 1.82 bits per heavy atom. The van der Waals surface area contributed by atoms with E-state index in [0.717, 1.165) is 19.0 Å². The molecule has 1 aromatic rings. The number of carbonyl (C=O) groups excluding carboxylic acids is 1. The van der Waals surface area contributed by atoms with Crippen LogP contribution in [0.5, 0.6) is 0 Å². The van der Waals surface area contributed by atoms with Crippen molar-refractivity contribution in [1.29, 1.82) is 0 Å². The number of rotatable bonds is 5. The molecular weight excluding hydrogens is 272 g/mol. The summed E-state index contributed by atoms with van der Waals surface area (Å²) in [6, 6.07) is 9.04. The van der Waals surface area contributed by atoms with E-state index in [9.17, 15) is 4.79 Å². The predicted octanol–water partition coefficient (Wildman–Crippen LogP) is 3.54. The van der Waals surface area contributed by atoms with Crippen LogP contribution >= 0.6 is 0 Å². The molecule has 1 aromatic carbocycles. The van der Waals surface area contributed by atoms with E-state index in [-0.39, 0.29) is 17.9 Å². The van der Waals surface area contributed by atoms with Crippen molar-refractivity contribution in [2.75, 3.05) is 19.6 Å². The van der Waals surface area contributed by atoms with Crippen LogP contribution in [0.15, 0.2) is 24.3 Å². The summed E-state index contributed by atoms with van der Waals surface area (Å²) >= 11 is 0. The van der Waals surface area contributed by atoms with Gasteiger partial charge >= 0.3 is 0 Å². The summed E-state index contributed by atoms with van der Waals surface area (Å²) < 4.78 is 0. The summed E-state index contributed by atoms with van der Waals surface area (Å²) in [5.74, 6) is 1.00. The highest BCUT2D eigenvalue weighted by Gasteiger charge is 2.25. The van der Waals surface area contributed by atoms with Gasteiger partial charge in [0.05, 0.1) is 6.04 Å². The van der Waals surface area contributed by atoms with Crippen molar-refractivity contribution >= 4 is 5.91 Å². The molecule has 3 heteroatoms. The first-order valence-electron chi connectivity index (χ1n) is 8.55. The molecule has 0 aliphatic carbocycles. The number of nitrogens with one attached hydrogen (secondary N) is 1. The first-order chi connectivity index (χ1) is 10.5. The molecule has 1 saturated heterocycles. The largest absolute Gasteiger partial charge is 0.354 e. The standard InChI is InChI=1S/C19H30N2O/c1-14(2)19(22)20-13-18(17-7-5-15(3)6-8-17)21-11-9-16(4)10-12-21/h5-8,14,16,18H,9-13H2,1-4H3,(H,20,22). The third-order valence-corrected chi connectivity index (χ3v) is 4.72. The molecule has 1 aliphatic heterocycles. The Morgan fingerprint density at radius 3 is 2.36 bits per heavy atom. The number of aryl methyl sites for hydroxylation is 1. The molecule has 0 bridgehead atoms. The molecule has 1 atom stereocenters. The van der Waals surface area contributed by atoms with Crippen LogP contribution in [-0.2, 0) is 4.79 Å². The average molecular weight is 302 g/mol. The lowest BCUT2D eigenvalue weighted by molar-refractivity contribution is -0.124. The Kier molecular flexibility index (Phi) is 6.01. The second kappa shape index (κ2) is 7.77. The molecule has 1 N–H and O–H groups in total.